The molecule has 1 amide bonds. The maximum atomic E-state index is 12.2. The van der Waals surface area contributed by atoms with Crippen molar-refractivity contribution in [2.45, 2.75) is 50.3 Å². The molecular formula is C16H21N3O2S. The molecule has 0 N–H and O–H groups in total. The van der Waals surface area contributed by atoms with Crippen molar-refractivity contribution in [1.29, 1.82) is 5.26 Å². The van der Waals surface area contributed by atoms with Crippen molar-refractivity contribution in [3.05, 3.63) is 23.9 Å². The standard InChI is InChI=1S/C16H21N3O2S/c1-16(2,3)21-15(20)19-9-5-7-13(19)11-22-14-12(10-17)6-4-8-18-14/h4,6,8,13H,5,7,9,11H2,1-3H3/t13-/m1/s1. The first-order valence-electron chi connectivity index (χ1n) is 7.38. The summed E-state index contributed by atoms with van der Waals surface area (Å²) < 4.78 is 5.46. The number of aromatic nitrogens is 1. The van der Waals surface area contributed by atoms with Crippen LogP contribution in [-0.2, 0) is 4.74 Å². The van der Waals surface area contributed by atoms with Crippen LogP contribution >= 0.6 is 11.8 Å². The van der Waals surface area contributed by atoms with E-state index in [9.17, 15) is 4.79 Å². The Bertz CT molecular complexity index is 577. The van der Waals surface area contributed by atoms with Crippen LogP contribution in [-0.4, -0.2) is 39.9 Å². The van der Waals surface area contributed by atoms with Crippen molar-refractivity contribution < 1.29 is 9.53 Å². The van der Waals surface area contributed by atoms with Gasteiger partial charge in [0, 0.05) is 24.5 Å². The third-order valence-corrected chi connectivity index (χ3v) is 4.46. The van der Waals surface area contributed by atoms with Crippen LogP contribution in [0.25, 0.3) is 0 Å². The number of pyridine rings is 1. The summed E-state index contributed by atoms with van der Waals surface area (Å²) in [6.07, 6.45) is 3.37. The van der Waals surface area contributed by atoms with Gasteiger partial charge >= 0.3 is 6.09 Å². The maximum Gasteiger partial charge on any atom is 0.410 e. The number of likely N-dealkylation sites (tertiary alicyclic amines) is 1. The fraction of sp³-hybridized carbons (Fsp3) is 0.562. The van der Waals surface area contributed by atoms with Crippen molar-refractivity contribution >= 4 is 17.9 Å². The number of hydrogen-bond donors (Lipinski definition) is 0. The van der Waals surface area contributed by atoms with Crippen LogP contribution in [0.3, 0.4) is 0 Å². The van der Waals surface area contributed by atoms with Gasteiger partial charge < -0.3 is 9.64 Å². The van der Waals surface area contributed by atoms with Gasteiger partial charge in [-0.1, -0.05) is 0 Å². The molecule has 1 aliphatic rings. The topological polar surface area (TPSA) is 66.2 Å². The van der Waals surface area contributed by atoms with Crippen LogP contribution in [0.1, 0.15) is 39.2 Å². The lowest BCUT2D eigenvalue weighted by molar-refractivity contribution is 0.0242. The Morgan fingerprint density at radius 2 is 2.36 bits per heavy atom. The van der Waals surface area contributed by atoms with Crippen molar-refractivity contribution in [1.82, 2.24) is 9.88 Å². The van der Waals surface area contributed by atoms with Gasteiger partial charge in [0.1, 0.15) is 16.7 Å². The van der Waals surface area contributed by atoms with E-state index in [0.29, 0.717) is 5.56 Å². The molecule has 0 aliphatic carbocycles. The third-order valence-electron chi connectivity index (χ3n) is 3.31. The minimum absolute atomic E-state index is 0.133. The molecule has 22 heavy (non-hydrogen) atoms. The second kappa shape index (κ2) is 7.01. The molecule has 5 nitrogen and oxygen atoms in total. The molecule has 2 rings (SSSR count). The summed E-state index contributed by atoms with van der Waals surface area (Å²) in [5.74, 6) is 0.727. The van der Waals surface area contributed by atoms with Gasteiger partial charge in [0.05, 0.1) is 5.56 Å². The first-order valence-corrected chi connectivity index (χ1v) is 8.37. The van der Waals surface area contributed by atoms with Gasteiger partial charge in [-0.05, 0) is 45.7 Å². The van der Waals surface area contributed by atoms with Gasteiger partial charge in [-0.2, -0.15) is 5.26 Å². The van der Waals surface area contributed by atoms with Gasteiger partial charge in [0.25, 0.3) is 0 Å². The molecule has 1 aromatic rings. The summed E-state index contributed by atoms with van der Waals surface area (Å²) in [4.78, 5) is 18.3. The molecule has 1 aliphatic heterocycles. The highest BCUT2D eigenvalue weighted by atomic mass is 32.2. The number of hydrogen-bond acceptors (Lipinski definition) is 5. The summed E-state index contributed by atoms with van der Waals surface area (Å²) in [6, 6.07) is 5.79. The number of thioether (sulfide) groups is 1. The average Bonchev–Trinajstić information content (AvgIpc) is 2.92. The lowest BCUT2D eigenvalue weighted by Gasteiger charge is -2.28. The Morgan fingerprint density at radius 3 is 3.05 bits per heavy atom. The predicted molar refractivity (Wildman–Crippen MR) is 85.6 cm³/mol. The Hall–Kier alpha value is -1.74. The lowest BCUT2D eigenvalue weighted by atomic mass is 10.2. The SMILES string of the molecule is CC(C)(C)OC(=O)N1CCC[C@@H]1CSc1ncccc1C#N. The Balaban J connectivity index is 1.97. The molecule has 0 radical (unpaired) electrons. The molecular weight excluding hydrogens is 298 g/mol. The Labute approximate surface area is 135 Å². The van der Waals surface area contributed by atoms with E-state index in [4.69, 9.17) is 10.00 Å². The number of rotatable bonds is 3. The van der Waals surface area contributed by atoms with E-state index < -0.39 is 5.60 Å². The van der Waals surface area contributed by atoms with Crippen LogP contribution in [0.2, 0.25) is 0 Å². The minimum Gasteiger partial charge on any atom is -0.444 e. The largest absolute Gasteiger partial charge is 0.444 e. The number of nitrogens with zero attached hydrogens (tertiary/aromatic N) is 3. The second-order valence-electron chi connectivity index (χ2n) is 6.25. The highest BCUT2D eigenvalue weighted by Crippen LogP contribution is 2.27. The van der Waals surface area contributed by atoms with Crippen LogP contribution < -0.4 is 0 Å². The fourth-order valence-electron chi connectivity index (χ4n) is 2.34. The number of nitriles is 1. The van der Waals surface area contributed by atoms with Crippen molar-refractivity contribution in [3.8, 4) is 6.07 Å². The van der Waals surface area contributed by atoms with Crippen molar-refractivity contribution in [2.24, 2.45) is 0 Å². The van der Waals surface area contributed by atoms with E-state index in [1.165, 1.54) is 11.8 Å². The van der Waals surface area contributed by atoms with E-state index in [-0.39, 0.29) is 12.1 Å². The van der Waals surface area contributed by atoms with E-state index in [2.05, 4.69) is 11.1 Å². The van der Waals surface area contributed by atoms with E-state index in [1.54, 1.807) is 23.2 Å². The molecule has 1 saturated heterocycles. The monoisotopic (exact) mass is 319 g/mol. The smallest absolute Gasteiger partial charge is 0.410 e. The summed E-state index contributed by atoms with van der Waals surface area (Å²) in [6.45, 7) is 6.35. The van der Waals surface area contributed by atoms with Gasteiger partial charge in [0.15, 0.2) is 0 Å². The van der Waals surface area contributed by atoms with Crippen LogP contribution in [0.15, 0.2) is 23.4 Å². The molecule has 1 aromatic heterocycles. The Kier molecular flexibility index (Phi) is 5.30. The van der Waals surface area contributed by atoms with Crippen molar-refractivity contribution in [3.63, 3.8) is 0 Å². The van der Waals surface area contributed by atoms with Crippen LogP contribution in [0.4, 0.5) is 4.79 Å². The van der Waals surface area contributed by atoms with Gasteiger partial charge in [0.2, 0.25) is 0 Å². The molecule has 1 atom stereocenters. The summed E-state index contributed by atoms with van der Waals surface area (Å²) in [7, 11) is 0. The minimum atomic E-state index is -0.480. The van der Waals surface area contributed by atoms with Crippen LogP contribution in [0.5, 0.6) is 0 Å². The summed E-state index contributed by atoms with van der Waals surface area (Å²) >= 11 is 1.52. The van der Waals surface area contributed by atoms with E-state index in [0.717, 1.165) is 30.2 Å². The zero-order chi connectivity index (χ0) is 16.2. The zero-order valence-corrected chi connectivity index (χ0v) is 14.0. The molecule has 2 heterocycles. The normalized spacial score (nSPS) is 18.1. The number of carbonyl (C=O) groups excluding carboxylic acids is 1. The molecule has 0 unspecified atom stereocenters. The molecule has 1 fully saturated rings. The molecule has 0 spiro atoms. The lowest BCUT2D eigenvalue weighted by Crippen LogP contribution is -2.40. The van der Waals surface area contributed by atoms with Crippen LogP contribution in [0, 0.1) is 11.3 Å². The van der Waals surface area contributed by atoms with Gasteiger partial charge in [-0.25, -0.2) is 9.78 Å². The number of ether oxygens (including phenoxy) is 1. The maximum absolute atomic E-state index is 12.2. The fourth-order valence-corrected chi connectivity index (χ4v) is 3.44. The molecule has 0 aromatic carbocycles. The van der Waals surface area contributed by atoms with Gasteiger partial charge in [-0.15, -0.1) is 11.8 Å². The highest BCUT2D eigenvalue weighted by molar-refractivity contribution is 7.99. The second-order valence-corrected chi connectivity index (χ2v) is 7.26. The average molecular weight is 319 g/mol. The number of amides is 1. The summed E-state index contributed by atoms with van der Waals surface area (Å²) in [5, 5.41) is 9.81. The third kappa shape index (κ3) is 4.38. The molecule has 6 heteroatoms. The zero-order valence-electron chi connectivity index (χ0n) is 13.2. The molecule has 0 saturated carbocycles. The first kappa shape index (κ1) is 16.6. The first-order chi connectivity index (χ1) is 10.4. The molecule has 118 valence electrons. The van der Waals surface area contributed by atoms with Gasteiger partial charge in [-0.3, -0.25) is 0 Å². The van der Waals surface area contributed by atoms with E-state index >= 15 is 0 Å². The number of carbonyl (C=O) groups is 1. The van der Waals surface area contributed by atoms with Crippen molar-refractivity contribution in [2.75, 3.05) is 12.3 Å². The Morgan fingerprint density at radius 1 is 1.59 bits per heavy atom. The quantitative estimate of drug-likeness (QED) is 0.798. The highest BCUT2D eigenvalue weighted by Gasteiger charge is 2.32. The summed E-state index contributed by atoms with van der Waals surface area (Å²) in [5.41, 5.74) is 0.0982. The predicted octanol–water partition coefficient (Wildman–Crippen LogP) is 3.44. The van der Waals surface area contributed by atoms with E-state index in [1.807, 2.05) is 20.8 Å². The molecule has 0 bridgehead atoms.